The molecule has 2 atom stereocenters. The second-order valence-electron chi connectivity index (χ2n) is 8.03. The van der Waals surface area contributed by atoms with Gasteiger partial charge in [-0.3, -0.25) is 9.69 Å². The average molecular weight is 406 g/mol. The van der Waals surface area contributed by atoms with Crippen molar-refractivity contribution < 1.29 is 9.53 Å². The number of carbonyl (C=O) groups is 1. The predicted molar refractivity (Wildman–Crippen MR) is 109 cm³/mol. The minimum atomic E-state index is -0.279. The molecule has 28 heavy (non-hydrogen) atoms. The van der Waals surface area contributed by atoms with Gasteiger partial charge in [0.2, 0.25) is 5.82 Å². The van der Waals surface area contributed by atoms with Crippen LogP contribution in [0.15, 0.2) is 24.3 Å². The molecule has 0 radical (unpaired) electrons. The van der Waals surface area contributed by atoms with Gasteiger partial charge in [0.1, 0.15) is 5.82 Å². The quantitative estimate of drug-likeness (QED) is 0.828. The molecule has 1 aromatic heterocycles. The van der Waals surface area contributed by atoms with Gasteiger partial charge in [0.05, 0.1) is 17.9 Å². The molecule has 1 fully saturated rings. The van der Waals surface area contributed by atoms with Gasteiger partial charge in [-0.25, -0.2) is 9.67 Å². The lowest BCUT2D eigenvalue weighted by atomic mass is 10.00. The van der Waals surface area contributed by atoms with Crippen LogP contribution in [-0.2, 0) is 4.74 Å². The highest BCUT2D eigenvalue weighted by atomic mass is 35.5. The van der Waals surface area contributed by atoms with Crippen LogP contribution < -0.4 is 5.32 Å². The average Bonchev–Trinajstić information content (AvgIpc) is 3.01. The van der Waals surface area contributed by atoms with E-state index in [0.717, 1.165) is 18.8 Å². The molecule has 0 bridgehead atoms. The lowest BCUT2D eigenvalue weighted by Gasteiger charge is -2.45. The molecule has 1 aliphatic rings. The third-order valence-electron chi connectivity index (χ3n) is 5.00. The van der Waals surface area contributed by atoms with Crippen molar-refractivity contribution in [1.29, 1.82) is 0 Å². The molecule has 1 saturated heterocycles. The smallest absolute Gasteiger partial charge is 0.291 e. The number of carbonyl (C=O) groups excluding carboxylic acids is 1. The van der Waals surface area contributed by atoms with Crippen molar-refractivity contribution in [2.45, 2.75) is 52.4 Å². The Bertz CT molecular complexity index is 824. The standard InChI is InChI=1S/C20H28ClN5O2/c1-13-10-25(11-14(2)28-13)20(4,5)12-22-19(27)18-23-15(3)26(24-18)17-8-6-16(21)7-9-17/h6-9,13-14H,10-12H2,1-5H3,(H,22,27)/t13-,14+. The van der Waals surface area contributed by atoms with Crippen LogP contribution in [0.5, 0.6) is 0 Å². The minimum absolute atomic E-state index is 0.159. The van der Waals surface area contributed by atoms with Gasteiger partial charge in [-0.2, -0.15) is 0 Å². The van der Waals surface area contributed by atoms with E-state index in [2.05, 4.69) is 48.0 Å². The summed E-state index contributed by atoms with van der Waals surface area (Å²) in [6.07, 6.45) is 0.358. The number of aromatic nitrogens is 3. The normalized spacial score (nSPS) is 20.9. The van der Waals surface area contributed by atoms with E-state index in [1.54, 1.807) is 16.8 Å². The van der Waals surface area contributed by atoms with Crippen molar-refractivity contribution in [2.75, 3.05) is 19.6 Å². The molecular formula is C20H28ClN5O2. The molecule has 0 spiro atoms. The summed E-state index contributed by atoms with van der Waals surface area (Å²) >= 11 is 5.94. The Morgan fingerprint density at radius 3 is 2.46 bits per heavy atom. The molecule has 0 unspecified atom stereocenters. The summed E-state index contributed by atoms with van der Waals surface area (Å²) in [7, 11) is 0. The molecule has 1 aliphatic heterocycles. The summed E-state index contributed by atoms with van der Waals surface area (Å²) in [5.41, 5.74) is 0.612. The number of halogens is 1. The monoisotopic (exact) mass is 405 g/mol. The molecule has 1 N–H and O–H groups in total. The number of benzene rings is 1. The number of morpholine rings is 1. The van der Waals surface area contributed by atoms with Gasteiger partial charge >= 0.3 is 0 Å². The van der Waals surface area contributed by atoms with Crippen molar-refractivity contribution in [3.8, 4) is 5.69 Å². The highest BCUT2D eigenvalue weighted by molar-refractivity contribution is 6.30. The summed E-state index contributed by atoms with van der Waals surface area (Å²) in [6.45, 7) is 12.4. The summed E-state index contributed by atoms with van der Waals surface area (Å²) in [5, 5.41) is 8.00. The molecule has 152 valence electrons. The molecule has 2 heterocycles. The highest BCUT2D eigenvalue weighted by Gasteiger charge is 2.33. The first-order valence-electron chi connectivity index (χ1n) is 9.54. The Kier molecular flexibility index (Phi) is 6.07. The number of rotatable bonds is 5. The van der Waals surface area contributed by atoms with Gasteiger partial charge in [-0.05, 0) is 58.9 Å². The minimum Gasteiger partial charge on any atom is -0.373 e. The van der Waals surface area contributed by atoms with E-state index >= 15 is 0 Å². The Hall–Kier alpha value is -1.96. The van der Waals surface area contributed by atoms with Crippen molar-refractivity contribution in [3.05, 3.63) is 40.9 Å². The second kappa shape index (κ2) is 8.19. The lowest BCUT2D eigenvalue weighted by molar-refractivity contribution is -0.0948. The first kappa shape index (κ1) is 20.8. The highest BCUT2D eigenvalue weighted by Crippen LogP contribution is 2.21. The van der Waals surface area contributed by atoms with E-state index in [-0.39, 0.29) is 29.5 Å². The van der Waals surface area contributed by atoms with Crippen LogP contribution in [0.1, 0.15) is 44.1 Å². The van der Waals surface area contributed by atoms with E-state index < -0.39 is 0 Å². The molecule has 0 aliphatic carbocycles. The molecular weight excluding hydrogens is 378 g/mol. The van der Waals surface area contributed by atoms with E-state index in [4.69, 9.17) is 16.3 Å². The van der Waals surface area contributed by atoms with Gasteiger partial charge < -0.3 is 10.1 Å². The van der Waals surface area contributed by atoms with Crippen molar-refractivity contribution in [2.24, 2.45) is 0 Å². The van der Waals surface area contributed by atoms with Crippen LogP contribution in [0, 0.1) is 6.92 Å². The number of hydrogen-bond acceptors (Lipinski definition) is 5. The van der Waals surface area contributed by atoms with Crippen LogP contribution in [0.25, 0.3) is 5.69 Å². The molecule has 1 amide bonds. The van der Waals surface area contributed by atoms with Gasteiger partial charge in [-0.1, -0.05) is 11.6 Å². The first-order chi connectivity index (χ1) is 13.2. The lowest BCUT2D eigenvalue weighted by Crippen LogP contribution is -2.58. The third-order valence-corrected chi connectivity index (χ3v) is 5.25. The number of nitrogens with one attached hydrogen (secondary N) is 1. The largest absolute Gasteiger partial charge is 0.373 e. The van der Waals surface area contributed by atoms with Crippen LogP contribution in [0.3, 0.4) is 0 Å². The van der Waals surface area contributed by atoms with Crippen LogP contribution >= 0.6 is 11.6 Å². The summed E-state index contributed by atoms with van der Waals surface area (Å²) in [6, 6.07) is 7.25. The van der Waals surface area contributed by atoms with Gasteiger partial charge in [0, 0.05) is 30.2 Å². The maximum absolute atomic E-state index is 12.6. The summed E-state index contributed by atoms with van der Waals surface area (Å²) < 4.78 is 7.45. The van der Waals surface area contributed by atoms with Crippen molar-refractivity contribution >= 4 is 17.5 Å². The van der Waals surface area contributed by atoms with Crippen molar-refractivity contribution in [3.63, 3.8) is 0 Å². The van der Waals surface area contributed by atoms with E-state index in [0.29, 0.717) is 17.4 Å². The zero-order valence-corrected chi connectivity index (χ0v) is 17.8. The topological polar surface area (TPSA) is 72.3 Å². The summed E-state index contributed by atoms with van der Waals surface area (Å²) in [4.78, 5) is 19.3. The second-order valence-corrected chi connectivity index (χ2v) is 8.46. The number of aryl methyl sites for hydroxylation is 1. The van der Waals surface area contributed by atoms with Crippen LogP contribution in [-0.4, -0.2) is 63.0 Å². The summed E-state index contributed by atoms with van der Waals surface area (Å²) in [5.74, 6) is 0.521. The van der Waals surface area contributed by atoms with Gasteiger partial charge in [0.25, 0.3) is 5.91 Å². The predicted octanol–water partition coefficient (Wildman–Crippen LogP) is 2.85. The number of ether oxygens (including phenoxy) is 1. The maximum atomic E-state index is 12.6. The van der Waals surface area contributed by atoms with Gasteiger partial charge in [0.15, 0.2) is 0 Å². The zero-order chi connectivity index (χ0) is 20.5. The Labute approximate surface area is 171 Å². The number of hydrogen-bond donors (Lipinski definition) is 1. The first-order valence-corrected chi connectivity index (χ1v) is 9.92. The molecule has 8 heteroatoms. The number of nitrogens with zero attached hydrogens (tertiary/aromatic N) is 4. The molecule has 0 saturated carbocycles. The molecule has 2 aromatic rings. The van der Waals surface area contributed by atoms with Crippen LogP contribution in [0.2, 0.25) is 5.02 Å². The fourth-order valence-electron chi connectivity index (χ4n) is 3.47. The Morgan fingerprint density at radius 2 is 1.86 bits per heavy atom. The van der Waals surface area contributed by atoms with Crippen molar-refractivity contribution in [1.82, 2.24) is 25.0 Å². The van der Waals surface area contributed by atoms with E-state index in [1.165, 1.54) is 0 Å². The zero-order valence-electron chi connectivity index (χ0n) is 17.1. The molecule has 7 nitrogen and oxygen atoms in total. The number of amides is 1. The van der Waals surface area contributed by atoms with E-state index in [1.807, 2.05) is 19.1 Å². The van der Waals surface area contributed by atoms with Gasteiger partial charge in [-0.15, -0.1) is 5.10 Å². The molecule has 1 aromatic carbocycles. The third kappa shape index (κ3) is 4.71. The van der Waals surface area contributed by atoms with E-state index in [9.17, 15) is 4.79 Å². The SMILES string of the molecule is Cc1nc(C(=O)NCC(C)(C)N2C[C@@H](C)O[C@@H](C)C2)nn1-c1ccc(Cl)cc1. The van der Waals surface area contributed by atoms with Crippen LogP contribution in [0.4, 0.5) is 0 Å². The maximum Gasteiger partial charge on any atom is 0.291 e. The fourth-order valence-corrected chi connectivity index (χ4v) is 3.60. The fraction of sp³-hybridized carbons (Fsp3) is 0.550. The Morgan fingerprint density at radius 1 is 1.25 bits per heavy atom. The molecule has 3 rings (SSSR count). The Balaban J connectivity index is 1.66.